The van der Waals surface area contributed by atoms with Crippen molar-refractivity contribution in [3.05, 3.63) is 21.4 Å². The molecule has 3 nitrogen and oxygen atoms in total. The van der Waals surface area contributed by atoms with E-state index in [4.69, 9.17) is 0 Å². The van der Waals surface area contributed by atoms with Gasteiger partial charge in [-0.25, -0.2) is 0 Å². The minimum atomic E-state index is -0.699. The van der Waals surface area contributed by atoms with Crippen molar-refractivity contribution < 1.29 is 9.90 Å². The molecule has 1 fully saturated rings. The summed E-state index contributed by atoms with van der Waals surface area (Å²) in [7, 11) is 0. The summed E-state index contributed by atoms with van der Waals surface area (Å²) in [6.07, 6.45) is 4.17. The Kier molecular flexibility index (Phi) is 2.52. The maximum absolute atomic E-state index is 12.3. The predicted molar refractivity (Wildman–Crippen MR) is 67.5 cm³/mol. The Morgan fingerprint density at radius 1 is 1.53 bits per heavy atom. The molecular weight excluding hydrogens is 234 g/mol. The van der Waals surface area contributed by atoms with Gasteiger partial charge in [0.15, 0.2) is 0 Å². The Labute approximate surface area is 105 Å². The smallest absolute Gasteiger partial charge is 0.264 e. The predicted octanol–water partition coefficient (Wildman–Crippen LogP) is 1.83. The largest absolute Gasteiger partial charge is 0.388 e. The maximum atomic E-state index is 12.3. The molecule has 92 valence electrons. The van der Waals surface area contributed by atoms with Gasteiger partial charge in [0.25, 0.3) is 5.91 Å². The second-order valence-corrected chi connectivity index (χ2v) is 6.52. The first kappa shape index (κ1) is 11.2. The summed E-state index contributed by atoms with van der Waals surface area (Å²) in [5, 5.41) is 9.89. The number of hydrogen-bond donors (Lipinski definition) is 1. The van der Waals surface area contributed by atoms with Crippen molar-refractivity contribution in [1.29, 1.82) is 0 Å². The zero-order valence-electron chi connectivity index (χ0n) is 10.0. The molecule has 1 aliphatic carbocycles. The summed E-state index contributed by atoms with van der Waals surface area (Å²) >= 11 is 1.64. The first-order valence-corrected chi connectivity index (χ1v) is 7.00. The van der Waals surface area contributed by atoms with Crippen LogP contribution in [0.2, 0.25) is 0 Å². The molecule has 1 aromatic rings. The van der Waals surface area contributed by atoms with E-state index in [-0.39, 0.29) is 5.91 Å². The van der Waals surface area contributed by atoms with E-state index < -0.39 is 5.60 Å². The standard InChI is InChI=1S/C13H17NO2S/c1-13(16)5-6-14(8-13)12(15)11-7-9-3-2-4-10(9)17-11/h7,16H,2-6,8H2,1H3. The number of nitrogens with zero attached hydrogens (tertiary/aromatic N) is 1. The molecule has 17 heavy (non-hydrogen) atoms. The summed E-state index contributed by atoms with van der Waals surface area (Å²) in [6, 6.07) is 2.06. The highest BCUT2D eigenvalue weighted by Gasteiger charge is 2.35. The van der Waals surface area contributed by atoms with Crippen LogP contribution in [0.4, 0.5) is 0 Å². The Balaban J connectivity index is 1.78. The Morgan fingerprint density at radius 3 is 3.00 bits per heavy atom. The molecule has 2 aliphatic rings. The van der Waals surface area contributed by atoms with Crippen molar-refractivity contribution in [3.63, 3.8) is 0 Å². The first-order chi connectivity index (χ1) is 8.05. The minimum Gasteiger partial charge on any atom is -0.388 e. The molecule has 1 amide bonds. The molecule has 0 spiro atoms. The van der Waals surface area contributed by atoms with Gasteiger partial charge in [-0.3, -0.25) is 4.79 Å². The fourth-order valence-corrected chi connectivity index (χ4v) is 3.93. The minimum absolute atomic E-state index is 0.0992. The van der Waals surface area contributed by atoms with Gasteiger partial charge in [0.2, 0.25) is 0 Å². The molecule has 0 bridgehead atoms. The van der Waals surface area contributed by atoms with Crippen molar-refractivity contribution in [2.24, 2.45) is 0 Å². The number of hydrogen-bond acceptors (Lipinski definition) is 3. The molecule has 0 saturated carbocycles. The number of β-amino-alcohol motifs (C(OH)–C–C–N with tert-alkyl or cyclic N) is 1. The average molecular weight is 251 g/mol. The molecule has 1 unspecified atom stereocenters. The Morgan fingerprint density at radius 2 is 2.35 bits per heavy atom. The maximum Gasteiger partial charge on any atom is 0.264 e. The van der Waals surface area contributed by atoms with Gasteiger partial charge < -0.3 is 10.0 Å². The first-order valence-electron chi connectivity index (χ1n) is 6.18. The van der Waals surface area contributed by atoms with Crippen molar-refractivity contribution in [2.45, 2.75) is 38.2 Å². The lowest BCUT2D eigenvalue weighted by molar-refractivity contribution is 0.0575. The fraction of sp³-hybridized carbons (Fsp3) is 0.615. The highest BCUT2D eigenvalue weighted by Crippen LogP contribution is 2.32. The molecule has 1 aliphatic heterocycles. The van der Waals surface area contributed by atoms with E-state index in [1.807, 2.05) is 0 Å². The molecule has 0 radical (unpaired) electrons. The normalized spacial score (nSPS) is 27.5. The van der Waals surface area contributed by atoms with Crippen molar-refractivity contribution >= 4 is 17.2 Å². The zero-order chi connectivity index (χ0) is 12.0. The van der Waals surface area contributed by atoms with Gasteiger partial charge in [-0.15, -0.1) is 11.3 Å². The quantitative estimate of drug-likeness (QED) is 0.827. The molecule has 1 saturated heterocycles. The average Bonchev–Trinajstić information content (AvgIpc) is 2.89. The topological polar surface area (TPSA) is 40.5 Å². The van der Waals surface area contributed by atoms with E-state index in [0.29, 0.717) is 19.5 Å². The second kappa shape index (κ2) is 3.82. The van der Waals surface area contributed by atoms with Crippen molar-refractivity contribution in [3.8, 4) is 0 Å². The molecule has 1 aromatic heterocycles. The van der Waals surface area contributed by atoms with Gasteiger partial charge in [0.1, 0.15) is 0 Å². The van der Waals surface area contributed by atoms with Gasteiger partial charge in [-0.05, 0) is 44.2 Å². The number of aryl methyl sites for hydroxylation is 2. The molecule has 2 heterocycles. The van der Waals surface area contributed by atoms with Gasteiger partial charge in [-0.2, -0.15) is 0 Å². The lowest BCUT2D eigenvalue weighted by Gasteiger charge is -2.18. The number of thiophene rings is 1. The summed E-state index contributed by atoms with van der Waals surface area (Å²) in [4.78, 5) is 16.3. The molecule has 1 N–H and O–H groups in total. The van der Waals surface area contributed by atoms with Crippen LogP contribution in [-0.2, 0) is 12.8 Å². The van der Waals surface area contributed by atoms with Crippen LogP contribution in [0.15, 0.2) is 6.07 Å². The monoisotopic (exact) mass is 251 g/mol. The number of fused-ring (bicyclic) bond motifs is 1. The van der Waals surface area contributed by atoms with E-state index in [2.05, 4.69) is 6.07 Å². The Hall–Kier alpha value is -0.870. The zero-order valence-corrected chi connectivity index (χ0v) is 10.8. The van der Waals surface area contributed by atoms with Crippen LogP contribution in [0.5, 0.6) is 0 Å². The van der Waals surface area contributed by atoms with E-state index in [1.54, 1.807) is 23.2 Å². The highest BCUT2D eigenvalue weighted by molar-refractivity contribution is 7.14. The van der Waals surface area contributed by atoms with Gasteiger partial charge in [0, 0.05) is 18.0 Å². The van der Waals surface area contributed by atoms with Crippen LogP contribution in [0.25, 0.3) is 0 Å². The second-order valence-electron chi connectivity index (χ2n) is 5.39. The van der Waals surface area contributed by atoms with Crippen LogP contribution >= 0.6 is 11.3 Å². The van der Waals surface area contributed by atoms with Gasteiger partial charge >= 0.3 is 0 Å². The van der Waals surface area contributed by atoms with E-state index in [1.165, 1.54) is 16.9 Å². The molecule has 4 heteroatoms. The van der Waals surface area contributed by atoms with Crippen molar-refractivity contribution in [1.82, 2.24) is 4.90 Å². The van der Waals surface area contributed by atoms with Crippen LogP contribution in [0.3, 0.4) is 0 Å². The van der Waals surface area contributed by atoms with Gasteiger partial charge in [0.05, 0.1) is 10.5 Å². The molecule has 1 atom stereocenters. The van der Waals surface area contributed by atoms with Crippen LogP contribution in [0, 0.1) is 0 Å². The molecular formula is C13H17NO2S. The highest BCUT2D eigenvalue weighted by atomic mass is 32.1. The summed E-state index contributed by atoms with van der Waals surface area (Å²) in [5.74, 6) is 0.0992. The van der Waals surface area contributed by atoms with E-state index in [0.717, 1.165) is 17.7 Å². The van der Waals surface area contributed by atoms with Gasteiger partial charge in [-0.1, -0.05) is 0 Å². The lowest BCUT2D eigenvalue weighted by Crippen LogP contribution is -2.33. The third kappa shape index (κ3) is 2.00. The molecule has 3 rings (SSSR count). The van der Waals surface area contributed by atoms with Crippen molar-refractivity contribution in [2.75, 3.05) is 13.1 Å². The number of likely N-dealkylation sites (tertiary alicyclic amines) is 1. The van der Waals surface area contributed by atoms with Crippen LogP contribution in [0.1, 0.15) is 39.9 Å². The number of carbonyl (C=O) groups is 1. The lowest BCUT2D eigenvalue weighted by atomic mass is 10.1. The third-order valence-corrected chi connectivity index (χ3v) is 4.92. The summed E-state index contributed by atoms with van der Waals surface area (Å²) < 4.78 is 0. The van der Waals surface area contributed by atoms with Crippen LogP contribution in [-0.4, -0.2) is 34.6 Å². The summed E-state index contributed by atoms with van der Waals surface area (Å²) in [6.45, 7) is 2.94. The summed E-state index contributed by atoms with van der Waals surface area (Å²) in [5.41, 5.74) is 0.666. The number of amides is 1. The Bertz CT molecular complexity index is 442. The molecule has 0 aromatic carbocycles. The number of aliphatic hydroxyl groups is 1. The number of carbonyl (C=O) groups excluding carboxylic acids is 1. The number of rotatable bonds is 1. The van der Waals surface area contributed by atoms with Crippen LogP contribution < -0.4 is 0 Å². The fourth-order valence-electron chi connectivity index (χ4n) is 2.71. The van der Waals surface area contributed by atoms with E-state index in [9.17, 15) is 9.90 Å². The SMILES string of the molecule is CC1(O)CCN(C(=O)c2cc3c(s2)CCC3)C1. The third-order valence-electron chi connectivity index (χ3n) is 3.70. The van der Waals surface area contributed by atoms with E-state index >= 15 is 0 Å².